The number of rotatable bonds is 3. The van der Waals surface area contributed by atoms with Gasteiger partial charge in [0.05, 0.1) is 0 Å². The van der Waals surface area contributed by atoms with E-state index in [1.807, 2.05) is 39.8 Å². The van der Waals surface area contributed by atoms with Gasteiger partial charge < -0.3 is 20.7 Å². The molecule has 0 aliphatic carbocycles. The topological polar surface area (TPSA) is 97.5 Å². The van der Waals surface area contributed by atoms with Crippen molar-refractivity contribution in [2.24, 2.45) is 5.92 Å². The second-order valence-corrected chi connectivity index (χ2v) is 10.0. The van der Waals surface area contributed by atoms with Crippen LogP contribution in [0.1, 0.15) is 39.2 Å². The van der Waals surface area contributed by atoms with Crippen LogP contribution in [0.3, 0.4) is 0 Å². The monoisotopic (exact) mass is 478 g/mol. The van der Waals surface area contributed by atoms with E-state index in [1.165, 1.54) is 6.07 Å². The molecule has 2 amide bonds. The number of piperidine rings is 1. The molecular weight excluding hydrogens is 447 g/mol. The van der Waals surface area contributed by atoms with Crippen LogP contribution >= 0.6 is 0 Å². The number of aryl methyl sites for hydroxylation is 1. The molecule has 8 heteroatoms. The van der Waals surface area contributed by atoms with E-state index >= 15 is 0 Å². The SMILES string of the molecule is Cc1cccc(F)c1-c1cc(NC(=O)C2CCN(C(=O)OC(C)(C)C)CC2)cc2cnc(N)cc12. The Morgan fingerprint density at radius 1 is 1.17 bits per heavy atom. The summed E-state index contributed by atoms with van der Waals surface area (Å²) in [6, 6.07) is 10.2. The molecule has 2 heterocycles. The van der Waals surface area contributed by atoms with E-state index in [9.17, 15) is 14.0 Å². The zero-order valence-electron chi connectivity index (χ0n) is 20.5. The number of aromatic nitrogens is 1. The number of ether oxygens (including phenoxy) is 1. The largest absolute Gasteiger partial charge is 0.444 e. The average molecular weight is 479 g/mol. The molecule has 1 aliphatic heterocycles. The summed E-state index contributed by atoms with van der Waals surface area (Å²) in [5.41, 5.74) is 7.80. The summed E-state index contributed by atoms with van der Waals surface area (Å²) in [6.07, 6.45) is 2.34. The molecule has 7 nitrogen and oxygen atoms in total. The van der Waals surface area contributed by atoms with Gasteiger partial charge in [-0.3, -0.25) is 4.79 Å². The molecule has 0 bridgehead atoms. The molecule has 0 atom stereocenters. The predicted molar refractivity (Wildman–Crippen MR) is 135 cm³/mol. The number of nitrogens with two attached hydrogens (primary N) is 1. The molecule has 0 radical (unpaired) electrons. The normalized spacial score (nSPS) is 14.7. The number of pyridine rings is 1. The van der Waals surface area contributed by atoms with Gasteiger partial charge in [-0.05, 0) is 81.3 Å². The lowest BCUT2D eigenvalue weighted by Crippen LogP contribution is -2.43. The first kappa shape index (κ1) is 24.4. The summed E-state index contributed by atoms with van der Waals surface area (Å²) in [4.78, 5) is 31.2. The van der Waals surface area contributed by atoms with Gasteiger partial charge in [0, 0.05) is 41.8 Å². The molecule has 4 rings (SSSR count). The van der Waals surface area contributed by atoms with E-state index in [0.717, 1.165) is 16.3 Å². The summed E-state index contributed by atoms with van der Waals surface area (Å²) < 4.78 is 20.3. The van der Waals surface area contributed by atoms with E-state index in [-0.39, 0.29) is 23.7 Å². The first-order valence-corrected chi connectivity index (χ1v) is 11.8. The van der Waals surface area contributed by atoms with Crippen molar-refractivity contribution in [3.05, 3.63) is 54.0 Å². The van der Waals surface area contributed by atoms with Crippen molar-refractivity contribution < 1.29 is 18.7 Å². The first-order valence-electron chi connectivity index (χ1n) is 11.8. The Labute approximate surface area is 204 Å². The number of hydrogen-bond donors (Lipinski definition) is 2. The number of amides is 2. The number of hydrogen-bond acceptors (Lipinski definition) is 5. The molecule has 35 heavy (non-hydrogen) atoms. The minimum atomic E-state index is -0.560. The van der Waals surface area contributed by atoms with Gasteiger partial charge in [0.1, 0.15) is 17.2 Å². The zero-order valence-corrected chi connectivity index (χ0v) is 20.5. The smallest absolute Gasteiger partial charge is 0.410 e. The fourth-order valence-electron chi connectivity index (χ4n) is 4.42. The molecule has 1 saturated heterocycles. The van der Waals surface area contributed by atoms with E-state index in [4.69, 9.17) is 10.5 Å². The molecule has 184 valence electrons. The number of likely N-dealkylation sites (tertiary alicyclic amines) is 1. The predicted octanol–water partition coefficient (Wildman–Crippen LogP) is 5.52. The molecule has 1 fully saturated rings. The third-order valence-corrected chi connectivity index (χ3v) is 6.13. The van der Waals surface area contributed by atoms with Crippen LogP contribution in [0.15, 0.2) is 42.6 Å². The summed E-state index contributed by atoms with van der Waals surface area (Å²) in [6.45, 7) is 8.24. The number of nitrogens with one attached hydrogen (secondary N) is 1. The van der Waals surface area contributed by atoms with Crippen LogP contribution in [0.2, 0.25) is 0 Å². The third kappa shape index (κ3) is 5.53. The molecule has 0 spiro atoms. The lowest BCUT2D eigenvalue weighted by Gasteiger charge is -2.33. The summed E-state index contributed by atoms with van der Waals surface area (Å²) in [5.74, 6) is -0.388. The fraction of sp³-hybridized carbons (Fsp3) is 0.370. The Bertz CT molecular complexity index is 1260. The summed E-state index contributed by atoms with van der Waals surface area (Å²) in [7, 11) is 0. The minimum absolute atomic E-state index is 0.132. The Morgan fingerprint density at radius 3 is 2.54 bits per heavy atom. The van der Waals surface area contributed by atoms with Gasteiger partial charge in [0.2, 0.25) is 5.91 Å². The fourth-order valence-corrected chi connectivity index (χ4v) is 4.42. The average Bonchev–Trinajstić information content (AvgIpc) is 2.78. The molecule has 1 aliphatic rings. The number of benzene rings is 2. The Hall–Kier alpha value is -3.68. The third-order valence-electron chi connectivity index (χ3n) is 6.13. The van der Waals surface area contributed by atoms with Crippen LogP contribution in [-0.2, 0) is 9.53 Å². The molecule has 3 N–H and O–H groups in total. The lowest BCUT2D eigenvalue weighted by molar-refractivity contribution is -0.121. The van der Waals surface area contributed by atoms with Gasteiger partial charge in [-0.1, -0.05) is 12.1 Å². The highest BCUT2D eigenvalue weighted by molar-refractivity contribution is 6.03. The Kier molecular flexibility index (Phi) is 6.65. The number of fused-ring (bicyclic) bond motifs is 1. The van der Waals surface area contributed by atoms with Crippen LogP contribution in [0.4, 0.5) is 20.7 Å². The van der Waals surface area contributed by atoms with Gasteiger partial charge in [-0.25, -0.2) is 14.2 Å². The van der Waals surface area contributed by atoms with Gasteiger partial charge >= 0.3 is 6.09 Å². The van der Waals surface area contributed by atoms with Crippen molar-refractivity contribution in [2.45, 2.75) is 46.1 Å². The molecular formula is C27H31FN4O3. The zero-order chi connectivity index (χ0) is 25.3. The molecule has 2 aromatic carbocycles. The van der Waals surface area contributed by atoms with Crippen LogP contribution in [0, 0.1) is 18.7 Å². The maximum atomic E-state index is 14.9. The Morgan fingerprint density at radius 2 is 1.89 bits per heavy atom. The van der Waals surface area contributed by atoms with Gasteiger partial charge in [0.15, 0.2) is 0 Å². The van der Waals surface area contributed by atoms with Crippen molar-refractivity contribution in [3.63, 3.8) is 0 Å². The van der Waals surface area contributed by atoms with Gasteiger partial charge in [-0.15, -0.1) is 0 Å². The van der Waals surface area contributed by atoms with E-state index < -0.39 is 5.60 Å². The van der Waals surface area contributed by atoms with E-state index in [0.29, 0.717) is 48.6 Å². The second kappa shape index (κ2) is 9.52. The molecule has 0 saturated carbocycles. The highest BCUT2D eigenvalue weighted by atomic mass is 19.1. The van der Waals surface area contributed by atoms with Crippen molar-refractivity contribution >= 4 is 34.3 Å². The number of nitrogen functional groups attached to an aromatic ring is 1. The number of halogens is 1. The summed E-state index contributed by atoms with van der Waals surface area (Å²) in [5, 5.41) is 4.50. The number of anilines is 2. The molecule has 0 unspecified atom stereocenters. The number of nitrogens with zero attached hydrogens (tertiary/aromatic N) is 2. The maximum Gasteiger partial charge on any atom is 0.410 e. The van der Waals surface area contributed by atoms with E-state index in [1.54, 1.807) is 29.3 Å². The van der Waals surface area contributed by atoms with Crippen molar-refractivity contribution in [2.75, 3.05) is 24.1 Å². The van der Waals surface area contributed by atoms with Crippen molar-refractivity contribution in [3.8, 4) is 11.1 Å². The van der Waals surface area contributed by atoms with Gasteiger partial charge in [0.25, 0.3) is 0 Å². The lowest BCUT2D eigenvalue weighted by atomic mass is 9.93. The second-order valence-electron chi connectivity index (χ2n) is 10.0. The van der Waals surface area contributed by atoms with Crippen LogP contribution in [-0.4, -0.2) is 40.6 Å². The van der Waals surface area contributed by atoms with Crippen LogP contribution < -0.4 is 11.1 Å². The highest BCUT2D eigenvalue weighted by Gasteiger charge is 2.30. The van der Waals surface area contributed by atoms with Gasteiger partial charge in [-0.2, -0.15) is 0 Å². The highest BCUT2D eigenvalue weighted by Crippen LogP contribution is 2.36. The molecule has 3 aromatic rings. The standard InChI is InChI=1S/C27H31FN4O3/c1-16-6-5-7-22(28)24(16)21-13-19(12-18-15-30-23(29)14-20(18)21)31-25(33)17-8-10-32(11-9-17)26(34)35-27(2,3)4/h5-7,12-15,17H,8-11H2,1-4H3,(H2,29,30)(H,31,33). The van der Waals surface area contributed by atoms with E-state index in [2.05, 4.69) is 10.3 Å². The van der Waals surface area contributed by atoms with Crippen molar-refractivity contribution in [1.29, 1.82) is 0 Å². The number of carbonyl (C=O) groups excluding carboxylic acids is 2. The quantitative estimate of drug-likeness (QED) is 0.517. The van der Waals surface area contributed by atoms with Crippen LogP contribution in [0.5, 0.6) is 0 Å². The minimum Gasteiger partial charge on any atom is -0.444 e. The first-order chi connectivity index (χ1) is 16.5. The summed E-state index contributed by atoms with van der Waals surface area (Å²) >= 11 is 0. The van der Waals surface area contributed by atoms with Crippen molar-refractivity contribution in [1.82, 2.24) is 9.88 Å². The molecule has 1 aromatic heterocycles. The Balaban J connectivity index is 1.56. The number of carbonyl (C=O) groups is 2. The van der Waals surface area contributed by atoms with Crippen LogP contribution in [0.25, 0.3) is 21.9 Å². The maximum absolute atomic E-state index is 14.9.